The van der Waals surface area contributed by atoms with Crippen LogP contribution in [0.3, 0.4) is 0 Å². The van der Waals surface area contributed by atoms with Gasteiger partial charge in [-0.05, 0) is 20.5 Å². The molecule has 1 saturated heterocycles. The highest BCUT2D eigenvalue weighted by Crippen LogP contribution is 2.15. The Morgan fingerprint density at radius 2 is 1.92 bits per heavy atom. The second-order valence-electron chi connectivity index (χ2n) is 6.61. The molecular formula is C19H32N2O4. The first-order valence-corrected chi connectivity index (χ1v) is 9.27. The fraction of sp³-hybridized carbons (Fsp3) is 0.789. The number of carbonyl (C=O) groups excluding carboxylic acids is 2. The Morgan fingerprint density at radius 1 is 1.20 bits per heavy atom. The quantitative estimate of drug-likeness (QED) is 0.344. The zero-order chi connectivity index (χ0) is 18.5. The summed E-state index contributed by atoms with van der Waals surface area (Å²) in [6.07, 6.45) is 5.78. The van der Waals surface area contributed by atoms with Crippen molar-refractivity contribution in [2.24, 2.45) is 0 Å². The zero-order valence-electron chi connectivity index (χ0n) is 15.9. The Balaban J connectivity index is 2.16. The maximum Gasteiger partial charge on any atom is 0.509 e. The first kappa shape index (κ1) is 21.3. The van der Waals surface area contributed by atoms with Crippen molar-refractivity contribution in [2.45, 2.75) is 58.0 Å². The van der Waals surface area contributed by atoms with E-state index in [2.05, 4.69) is 18.8 Å². The molecule has 1 aliphatic rings. The number of hydrogen-bond donors (Lipinski definition) is 0. The molecule has 1 atom stereocenters. The van der Waals surface area contributed by atoms with Gasteiger partial charge < -0.3 is 14.4 Å². The van der Waals surface area contributed by atoms with Crippen molar-refractivity contribution in [3.63, 3.8) is 0 Å². The van der Waals surface area contributed by atoms with Crippen molar-refractivity contribution in [2.75, 3.05) is 40.3 Å². The molecule has 0 saturated carbocycles. The lowest BCUT2D eigenvalue weighted by atomic mass is 10.1. The largest absolute Gasteiger partial charge is 0.509 e. The van der Waals surface area contributed by atoms with Gasteiger partial charge in [-0.3, -0.25) is 9.69 Å². The van der Waals surface area contributed by atoms with Crippen LogP contribution < -0.4 is 0 Å². The molecular weight excluding hydrogens is 320 g/mol. The molecule has 1 heterocycles. The number of amides is 1. The molecule has 0 spiro atoms. The fourth-order valence-electron chi connectivity index (χ4n) is 2.53. The minimum atomic E-state index is -0.743. The van der Waals surface area contributed by atoms with E-state index in [0.717, 1.165) is 19.3 Å². The van der Waals surface area contributed by atoms with E-state index in [0.29, 0.717) is 32.7 Å². The molecule has 1 amide bonds. The highest BCUT2D eigenvalue weighted by atomic mass is 16.7. The Hall–Kier alpha value is -1.74. The maximum absolute atomic E-state index is 12.2. The Labute approximate surface area is 151 Å². The van der Waals surface area contributed by atoms with E-state index < -0.39 is 12.3 Å². The van der Waals surface area contributed by atoms with Gasteiger partial charge in [-0.25, -0.2) is 4.79 Å². The van der Waals surface area contributed by atoms with Crippen molar-refractivity contribution < 1.29 is 19.1 Å². The first-order chi connectivity index (χ1) is 12.0. The Kier molecular flexibility index (Phi) is 10.7. The van der Waals surface area contributed by atoms with Gasteiger partial charge in [0.2, 0.25) is 0 Å². The van der Waals surface area contributed by atoms with Crippen LogP contribution in [0.25, 0.3) is 0 Å². The number of ether oxygens (including phenoxy) is 2. The van der Waals surface area contributed by atoms with E-state index in [1.54, 1.807) is 4.90 Å². The van der Waals surface area contributed by atoms with Gasteiger partial charge >= 0.3 is 6.16 Å². The molecule has 6 heteroatoms. The second-order valence-corrected chi connectivity index (χ2v) is 6.61. The summed E-state index contributed by atoms with van der Waals surface area (Å²) in [4.78, 5) is 27.4. The van der Waals surface area contributed by atoms with Crippen molar-refractivity contribution in [3.05, 3.63) is 0 Å². The molecule has 0 unspecified atom stereocenters. The van der Waals surface area contributed by atoms with Crippen molar-refractivity contribution in [1.29, 1.82) is 0 Å². The lowest BCUT2D eigenvalue weighted by Crippen LogP contribution is -2.32. The van der Waals surface area contributed by atoms with Gasteiger partial charge in [0, 0.05) is 13.0 Å². The molecule has 0 N–H and O–H groups in total. The van der Waals surface area contributed by atoms with Crippen molar-refractivity contribution in [1.82, 2.24) is 9.80 Å². The summed E-state index contributed by atoms with van der Waals surface area (Å²) in [5, 5.41) is 0. The second kappa shape index (κ2) is 12.6. The van der Waals surface area contributed by atoms with Crippen molar-refractivity contribution in [3.8, 4) is 11.8 Å². The molecule has 0 aromatic rings. The van der Waals surface area contributed by atoms with Gasteiger partial charge in [0.25, 0.3) is 5.91 Å². The topological polar surface area (TPSA) is 59.1 Å². The molecule has 1 aliphatic heterocycles. The number of nitrogens with zero attached hydrogens (tertiary/aromatic N) is 2. The van der Waals surface area contributed by atoms with Gasteiger partial charge in [0.1, 0.15) is 0 Å². The number of carbonyl (C=O) groups is 2. The number of likely N-dealkylation sites (tertiary alicyclic amines) is 1. The summed E-state index contributed by atoms with van der Waals surface area (Å²) in [7, 11) is 3.88. The number of hydrogen-bond acceptors (Lipinski definition) is 5. The minimum absolute atomic E-state index is 0.185. The van der Waals surface area contributed by atoms with Crippen LogP contribution in [0.5, 0.6) is 0 Å². The molecule has 0 aliphatic carbocycles. The normalized spacial score (nSPS) is 16.7. The monoisotopic (exact) mass is 352 g/mol. The zero-order valence-corrected chi connectivity index (χ0v) is 15.9. The smallest absolute Gasteiger partial charge is 0.434 e. The molecule has 142 valence electrons. The van der Waals surface area contributed by atoms with Crippen molar-refractivity contribution >= 4 is 12.1 Å². The Morgan fingerprint density at radius 3 is 2.64 bits per heavy atom. The molecule has 0 aromatic heterocycles. The van der Waals surface area contributed by atoms with Crippen LogP contribution in [0.1, 0.15) is 51.9 Å². The summed E-state index contributed by atoms with van der Waals surface area (Å²) >= 11 is 0. The first-order valence-electron chi connectivity index (χ1n) is 9.27. The molecule has 25 heavy (non-hydrogen) atoms. The van der Waals surface area contributed by atoms with Gasteiger partial charge in [0.05, 0.1) is 19.7 Å². The predicted octanol–water partition coefficient (Wildman–Crippen LogP) is 2.67. The number of unbranched alkanes of at least 4 members (excludes halogenated alkanes) is 5. The van der Waals surface area contributed by atoms with Crippen LogP contribution in [0, 0.1) is 11.8 Å². The van der Waals surface area contributed by atoms with E-state index in [9.17, 15) is 9.59 Å². The summed E-state index contributed by atoms with van der Waals surface area (Å²) in [5.41, 5.74) is 0. The molecule has 0 bridgehead atoms. The lowest BCUT2D eigenvalue weighted by Gasteiger charge is -2.13. The fourth-order valence-corrected chi connectivity index (χ4v) is 2.53. The summed E-state index contributed by atoms with van der Waals surface area (Å²) in [6.45, 7) is 4.13. The average Bonchev–Trinajstić information content (AvgIpc) is 2.91. The van der Waals surface area contributed by atoms with Crippen LogP contribution in [0.2, 0.25) is 0 Å². The molecule has 0 radical (unpaired) electrons. The van der Waals surface area contributed by atoms with E-state index in [4.69, 9.17) is 9.47 Å². The molecule has 0 aromatic carbocycles. The van der Waals surface area contributed by atoms with Crippen LogP contribution in [0.4, 0.5) is 4.79 Å². The molecule has 6 nitrogen and oxygen atoms in total. The standard InChI is InChI=1S/C19H32N2O4/c1-4-5-6-7-8-11-16-24-19(23)25-17-12-15-21(18(17)22)14-10-9-13-20(2)3/h17H,4-8,11-16H2,1-3H3/t17-/m0/s1. The third-order valence-corrected chi connectivity index (χ3v) is 3.99. The summed E-state index contributed by atoms with van der Waals surface area (Å²) < 4.78 is 10.2. The lowest BCUT2D eigenvalue weighted by molar-refractivity contribution is -0.135. The predicted molar refractivity (Wildman–Crippen MR) is 97.1 cm³/mol. The molecule has 1 rings (SSSR count). The van der Waals surface area contributed by atoms with E-state index >= 15 is 0 Å². The maximum atomic E-state index is 12.2. The van der Waals surface area contributed by atoms with Gasteiger partial charge in [-0.1, -0.05) is 50.9 Å². The minimum Gasteiger partial charge on any atom is -0.434 e. The third-order valence-electron chi connectivity index (χ3n) is 3.99. The van der Waals surface area contributed by atoms with Crippen LogP contribution in [0.15, 0.2) is 0 Å². The van der Waals surface area contributed by atoms with Gasteiger partial charge in [0.15, 0.2) is 6.10 Å². The van der Waals surface area contributed by atoms with Gasteiger partial charge in [-0.2, -0.15) is 0 Å². The summed E-state index contributed by atoms with van der Waals surface area (Å²) in [6, 6.07) is 0. The van der Waals surface area contributed by atoms with Crippen LogP contribution in [-0.2, 0) is 14.3 Å². The average molecular weight is 352 g/mol. The summed E-state index contributed by atoms with van der Waals surface area (Å²) in [5.74, 6) is 5.77. The van der Waals surface area contributed by atoms with E-state index in [1.807, 2.05) is 19.0 Å². The Bertz CT molecular complexity index is 468. The SMILES string of the molecule is CCCCCCCCOC(=O)O[C@H]1CCN(CC#CCN(C)C)C1=O. The highest BCUT2D eigenvalue weighted by molar-refractivity contribution is 5.85. The van der Waals surface area contributed by atoms with Gasteiger partial charge in [-0.15, -0.1) is 0 Å². The van der Waals surface area contributed by atoms with Crippen LogP contribution in [-0.4, -0.2) is 68.3 Å². The highest BCUT2D eigenvalue weighted by Gasteiger charge is 2.34. The number of rotatable bonds is 10. The van der Waals surface area contributed by atoms with E-state index in [1.165, 1.54) is 19.3 Å². The molecule has 1 fully saturated rings. The van der Waals surface area contributed by atoms with E-state index in [-0.39, 0.29) is 5.91 Å². The van der Waals surface area contributed by atoms with Crippen LogP contribution >= 0.6 is 0 Å². The third kappa shape index (κ3) is 9.35.